The Morgan fingerprint density at radius 3 is 2.41 bits per heavy atom. The lowest BCUT2D eigenvalue weighted by molar-refractivity contribution is -0.117. The molecule has 0 bridgehead atoms. The molecule has 7 heteroatoms. The first-order valence-electron chi connectivity index (χ1n) is 4.40. The summed E-state index contributed by atoms with van der Waals surface area (Å²) in [6.45, 7) is 1.49. The van der Waals surface area contributed by atoms with Gasteiger partial charge >= 0.3 is 0 Å². The number of carbonyl (C=O) groups excluding carboxylic acids is 1. The van der Waals surface area contributed by atoms with Crippen molar-refractivity contribution in [2.24, 2.45) is 5.84 Å². The van der Waals surface area contributed by atoms with Crippen molar-refractivity contribution in [3.05, 3.63) is 23.3 Å². The molecule has 0 fully saturated rings. The number of hydrazine groups is 1. The van der Waals surface area contributed by atoms with Gasteiger partial charge in [-0.2, -0.15) is 0 Å². The Morgan fingerprint density at radius 1 is 1.29 bits per heavy atom. The van der Waals surface area contributed by atoms with Gasteiger partial charge in [0.15, 0.2) is 11.5 Å². The Morgan fingerprint density at radius 2 is 1.88 bits per heavy atom. The first-order valence-corrected chi connectivity index (χ1v) is 4.40. The number of rotatable bonds is 2. The summed E-state index contributed by atoms with van der Waals surface area (Å²) in [6, 6.07) is 2.56. The highest BCUT2D eigenvalue weighted by atomic mass is 35.5. The van der Waals surface area contributed by atoms with Crippen LogP contribution in [0.15, 0.2) is 17.7 Å². The van der Waals surface area contributed by atoms with E-state index in [2.05, 4.69) is 0 Å². The fraction of sp³-hybridized carbons (Fsp3) is 0.100. The maximum atomic E-state index is 11.1. The number of carbonyl (C=O) groups is 1. The van der Waals surface area contributed by atoms with Crippen LogP contribution in [0.3, 0.4) is 0 Å². The highest BCUT2D eigenvalue weighted by molar-refractivity contribution is 5.97. The quantitative estimate of drug-likeness (QED) is 0.176. The molecule has 0 spiro atoms. The van der Waals surface area contributed by atoms with Crippen LogP contribution in [0, 0.1) is 0 Å². The van der Waals surface area contributed by atoms with Crippen molar-refractivity contribution in [1.82, 2.24) is 5.43 Å². The molecule has 0 aliphatic heterocycles. The fourth-order valence-electron chi connectivity index (χ4n) is 1.11. The van der Waals surface area contributed by atoms with E-state index in [0.717, 1.165) is 0 Å². The molecule has 0 unspecified atom stereocenters. The van der Waals surface area contributed by atoms with Gasteiger partial charge in [-0.05, 0) is 25.1 Å². The predicted molar refractivity (Wildman–Crippen MR) is 64.7 cm³/mol. The van der Waals surface area contributed by atoms with Crippen molar-refractivity contribution in [3.8, 4) is 17.2 Å². The number of hydrogen-bond donors (Lipinski definition) is 5. The maximum Gasteiger partial charge on any atom is 0.260 e. The van der Waals surface area contributed by atoms with Crippen LogP contribution in [0.4, 0.5) is 0 Å². The molecule has 6 nitrogen and oxygen atoms in total. The molecule has 94 valence electrons. The van der Waals surface area contributed by atoms with Gasteiger partial charge in [-0.25, -0.2) is 5.84 Å². The Kier molecular flexibility index (Phi) is 5.30. The van der Waals surface area contributed by atoms with Gasteiger partial charge in [-0.3, -0.25) is 10.2 Å². The van der Waals surface area contributed by atoms with Crippen LogP contribution in [0.1, 0.15) is 12.5 Å². The molecule has 0 heterocycles. The topological polar surface area (TPSA) is 116 Å². The number of phenols is 3. The van der Waals surface area contributed by atoms with Crippen LogP contribution < -0.4 is 11.3 Å². The van der Waals surface area contributed by atoms with Crippen molar-refractivity contribution < 1.29 is 20.1 Å². The molecule has 1 aromatic carbocycles. The number of amides is 1. The molecule has 1 amide bonds. The van der Waals surface area contributed by atoms with Gasteiger partial charge in [-0.15, -0.1) is 12.4 Å². The van der Waals surface area contributed by atoms with Gasteiger partial charge in [0.05, 0.1) is 0 Å². The third-order valence-electron chi connectivity index (χ3n) is 2.02. The summed E-state index contributed by atoms with van der Waals surface area (Å²) < 4.78 is 0. The molecule has 0 aliphatic carbocycles. The van der Waals surface area contributed by atoms with Gasteiger partial charge in [-0.1, -0.05) is 0 Å². The Balaban J connectivity index is 0.00000256. The zero-order valence-corrected chi connectivity index (χ0v) is 9.78. The lowest BCUT2D eigenvalue weighted by Crippen LogP contribution is -2.30. The molecule has 6 N–H and O–H groups in total. The minimum absolute atomic E-state index is 0. The van der Waals surface area contributed by atoms with Crippen molar-refractivity contribution in [2.45, 2.75) is 6.92 Å². The molecule has 0 aromatic heterocycles. The van der Waals surface area contributed by atoms with Crippen LogP contribution in [0.25, 0.3) is 6.08 Å². The van der Waals surface area contributed by atoms with Gasteiger partial charge in [0.1, 0.15) is 0 Å². The smallest absolute Gasteiger partial charge is 0.260 e. The third-order valence-corrected chi connectivity index (χ3v) is 2.02. The van der Waals surface area contributed by atoms with E-state index in [1.807, 2.05) is 5.43 Å². The molecule has 17 heavy (non-hydrogen) atoms. The van der Waals surface area contributed by atoms with E-state index in [1.165, 1.54) is 25.1 Å². The zero-order valence-electron chi connectivity index (χ0n) is 8.97. The number of hydrogen-bond acceptors (Lipinski definition) is 5. The van der Waals surface area contributed by atoms with Crippen LogP contribution in [0.2, 0.25) is 0 Å². The molecule has 0 aliphatic rings. The number of aromatic hydroxyl groups is 3. The van der Waals surface area contributed by atoms with Crippen LogP contribution in [-0.2, 0) is 4.79 Å². The van der Waals surface area contributed by atoms with Gasteiger partial charge in [0, 0.05) is 11.1 Å². The number of benzene rings is 1. The van der Waals surface area contributed by atoms with Crippen molar-refractivity contribution >= 4 is 24.4 Å². The van der Waals surface area contributed by atoms with Crippen molar-refractivity contribution in [3.63, 3.8) is 0 Å². The Labute approximate surface area is 104 Å². The second-order valence-electron chi connectivity index (χ2n) is 3.17. The third kappa shape index (κ3) is 3.27. The lowest BCUT2D eigenvalue weighted by atomic mass is 10.1. The average Bonchev–Trinajstić information content (AvgIpc) is 2.28. The van der Waals surface area contributed by atoms with Gasteiger partial charge in [0.25, 0.3) is 5.91 Å². The van der Waals surface area contributed by atoms with Crippen LogP contribution >= 0.6 is 12.4 Å². The van der Waals surface area contributed by atoms with Crippen molar-refractivity contribution in [2.75, 3.05) is 0 Å². The molecule has 1 rings (SSSR count). The van der Waals surface area contributed by atoms with E-state index >= 15 is 0 Å². The summed E-state index contributed by atoms with van der Waals surface area (Å²) in [5.74, 6) is 2.86. The molecule has 0 saturated heterocycles. The Bertz CT molecular complexity index is 460. The first-order chi connectivity index (χ1) is 7.47. The van der Waals surface area contributed by atoms with E-state index in [9.17, 15) is 15.0 Å². The average molecular weight is 261 g/mol. The molecule has 0 atom stereocenters. The van der Waals surface area contributed by atoms with E-state index in [0.29, 0.717) is 0 Å². The standard InChI is InChI=1S/C10H12N2O4.ClH/c1-5(10(16)12-11)4-6-2-3-7(13)9(15)8(6)14;/h2-4,13-15H,11H2,1H3,(H,12,16);1H/b5-4+;. The van der Waals surface area contributed by atoms with Gasteiger partial charge in [0.2, 0.25) is 5.75 Å². The number of phenolic OH excluding ortho intramolecular Hbond substituents is 3. The van der Waals surface area contributed by atoms with E-state index < -0.39 is 23.2 Å². The Hall–Kier alpha value is -1.92. The number of nitrogens with two attached hydrogens (primary N) is 1. The summed E-state index contributed by atoms with van der Waals surface area (Å²) in [4.78, 5) is 11.1. The maximum absolute atomic E-state index is 11.1. The summed E-state index contributed by atoms with van der Waals surface area (Å²) in [5.41, 5.74) is 2.39. The summed E-state index contributed by atoms with van der Waals surface area (Å²) in [5, 5.41) is 27.8. The lowest BCUT2D eigenvalue weighted by Gasteiger charge is -2.05. The van der Waals surface area contributed by atoms with Crippen LogP contribution in [-0.4, -0.2) is 21.2 Å². The SMILES string of the molecule is C/C(=C\c1ccc(O)c(O)c1O)C(=O)NN.Cl. The minimum atomic E-state index is -0.630. The van der Waals surface area contributed by atoms with Crippen LogP contribution in [0.5, 0.6) is 17.2 Å². The zero-order chi connectivity index (χ0) is 12.3. The highest BCUT2D eigenvalue weighted by Gasteiger charge is 2.10. The fourth-order valence-corrected chi connectivity index (χ4v) is 1.11. The molecular weight excluding hydrogens is 248 g/mol. The largest absolute Gasteiger partial charge is 0.504 e. The molecular formula is C10H13ClN2O4. The summed E-state index contributed by atoms with van der Waals surface area (Å²) >= 11 is 0. The first kappa shape index (κ1) is 15.1. The summed E-state index contributed by atoms with van der Waals surface area (Å²) in [6.07, 6.45) is 1.33. The van der Waals surface area contributed by atoms with E-state index in [1.54, 1.807) is 0 Å². The van der Waals surface area contributed by atoms with E-state index in [4.69, 9.17) is 10.9 Å². The predicted octanol–water partition coefficient (Wildman–Crippen LogP) is 0.618. The van der Waals surface area contributed by atoms with Crippen molar-refractivity contribution in [1.29, 1.82) is 0 Å². The number of nitrogens with one attached hydrogen (secondary N) is 1. The normalized spacial score (nSPS) is 10.6. The minimum Gasteiger partial charge on any atom is -0.504 e. The highest BCUT2D eigenvalue weighted by Crippen LogP contribution is 2.37. The van der Waals surface area contributed by atoms with Gasteiger partial charge < -0.3 is 15.3 Å². The second kappa shape index (κ2) is 5.97. The molecule has 0 radical (unpaired) electrons. The summed E-state index contributed by atoms with van der Waals surface area (Å²) in [7, 11) is 0. The second-order valence-corrected chi connectivity index (χ2v) is 3.17. The number of halogens is 1. The monoisotopic (exact) mass is 260 g/mol. The molecule has 0 saturated carbocycles. The molecule has 1 aromatic rings. The van der Waals surface area contributed by atoms with E-state index in [-0.39, 0.29) is 23.5 Å².